The van der Waals surface area contributed by atoms with Crippen LogP contribution in [-0.4, -0.2) is 31.6 Å². The van der Waals surface area contributed by atoms with Crippen molar-refractivity contribution >= 4 is 66.6 Å². The van der Waals surface area contributed by atoms with E-state index in [0.717, 1.165) is 26.7 Å². The van der Waals surface area contributed by atoms with Crippen LogP contribution in [0.5, 0.6) is 11.5 Å². The lowest BCUT2D eigenvalue weighted by Crippen LogP contribution is -2.27. The zero-order valence-corrected chi connectivity index (χ0v) is 22.1. The Morgan fingerprint density at radius 1 is 1.06 bits per heavy atom. The van der Waals surface area contributed by atoms with E-state index in [1.54, 1.807) is 18.2 Å². The predicted molar refractivity (Wildman–Crippen MR) is 138 cm³/mol. The molecule has 0 saturated carbocycles. The fourth-order valence-electron chi connectivity index (χ4n) is 3.23. The Bertz CT molecular complexity index is 1440. The molecule has 4 rings (SSSR count). The maximum Gasteiger partial charge on any atom is 0.339 e. The first-order valence-electron chi connectivity index (χ1n) is 10.1. The van der Waals surface area contributed by atoms with Gasteiger partial charge in [0.1, 0.15) is 4.90 Å². The van der Waals surface area contributed by atoms with Gasteiger partial charge in [-0.1, -0.05) is 63.9 Å². The van der Waals surface area contributed by atoms with Crippen LogP contribution in [0.25, 0.3) is 6.08 Å². The summed E-state index contributed by atoms with van der Waals surface area (Å²) in [5, 5.41) is -0.438. The second kappa shape index (κ2) is 10.4. The van der Waals surface area contributed by atoms with E-state index < -0.39 is 21.3 Å². The standard InChI is InChI=1S/C24H17BrClNO6S2/c1-32-20-12-15(11-19(26)22(20)33-35(30,31)17-8-3-2-4-9-17)13-21-23(28)27(24(29)34-21)14-16-7-5-6-10-18(16)25/h2-13H,14H2,1H3/b21-13-. The minimum Gasteiger partial charge on any atom is -0.493 e. The van der Waals surface area contributed by atoms with Gasteiger partial charge in [-0.25, -0.2) is 0 Å². The van der Waals surface area contributed by atoms with Crippen LogP contribution in [0.1, 0.15) is 11.1 Å². The summed E-state index contributed by atoms with van der Waals surface area (Å²) < 4.78 is 36.6. The number of benzene rings is 3. The molecule has 1 aliphatic rings. The number of halogens is 2. The van der Waals surface area contributed by atoms with Gasteiger partial charge in [-0.05, 0) is 59.3 Å². The number of thioether (sulfide) groups is 1. The van der Waals surface area contributed by atoms with E-state index in [9.17, 15) is 18.0 Å². The molecule has 1 fully saturated rings. The molecule has 0 bridgehead atoms. The molecule has 0 aromatic heterocycles. The van der Waals surface area contributed by atoms with Gasteiger partial charge in [0.15, 0.2) is 5.75 Å². The first-order valence-corrected chi connectivity index (χ1v) is 13.4. The lowest BCUT2D eigenvalue weighted by molar-refractivity contribution is -0.123. The second-order valence-corrected chi connectivity index (χ2v) is 11.0. The second-order valence-electron chi connectivity index (χ2n) is 7.24. The zero-order valence-electron chi connectivity index (χ0n) is 18.1. The first-order chi connectivity index (χ1) is 16.7. The number of hydrogen-bond donors (Lipinski definition) is 0. The van der Waals surface area contributed by atoms with Gasteiger partial charge in [0.25, 0.3) is 11.1 Å². The zero-order chi connectivity index (χ0) is 25.2. The number of rotatable bonds is 7. The van der Waals surface area contributed by atoms with Gasteiger partial charge in [0.05, 0.1) is 23.6 Å². The molecule has 35 heavy (non-hydrogen) atoms. The number of methoxy groups -OCH3 is 1. The largest absolute Gasteiger partial charge is 0.493 e. The Labute approximate surface area is 219 Å². The Morgan fingerprint density at radius 3 is 2.43 bits per heavy atom. The highest BCUT2D eigenvalue weighted by Gasteiger charge is 2.35. The Kier molecular flexibility index (Phi) is 7.56. The van der Waals surface area contributed by atoms with Gasteiger partial charge >= 0.3 is 10.1 Å². The summed E-state index contributed by atoms with van der Waals surface area (Å²) in [6.07, 6.45) is 1.49. The number of amides is 2. The maximum atomic E-state index is 12.9. The molecule has 0 aliphatic carbocycles. The molecule has 3 aromatic rings. The summed E-state index contributed by atoms with van der Waals surface area (Å²) in [6.45, 7) is 0.123. The Balaban J connectivity index is 1.61. The summed E-state index contributed by atoms with van der Waals surface area (Å²) in [6, 6.07) is 17.9. The topological polar surface area (TPSA) is 90.0 Å². The van der Waals surface area contributed by atoms with Gasteiger partial charge in [0.2, 0.25) is 5.75 Å². The lowest BCUT2D eigenvalue weighted by atomic mass is 10.1. The SMILES string of the molecule is COc1cc(/C=C2\SC(=O)N(Cc3ccccc3Br)C2=O)cc(Cl)c1OS(=O)(=O)c1ccccc1. The molecule has 0 spiro atoms. The molecule has 0 unspecified atom stereocenters. The molecule has 0 atom stereocenters. The minimum atomic E-state index is -4.15. The number of nitrogens with zero attached hydrogens (tertiary/aromatic N) is 1. The van der Waals surface area contributed by atoms with E-state index in [-0.39, 0.29) is 32.9 Å². The van der Waals surface area contributed by atoms with E-state index in [4.69, 9.17) is 20.5 Å². The van der Waals surface area contributed by atoms with E-state index in [1.807, 2.05) is 24.3 Å². The third-order valence-electron chi connectivity index (χ3n) is 4.93. The van der Waals surface area contributed by atoms with Gasteiger partial charge in [-0.2, -0.15) is 8.42 Å². The summed E-state index contributed by atoms with van der Waals surface area (Å²) in [5.41, 5.74) is 1.23. The molecule has 0 N–H and O–H groups in total. The van der Waals surface area contributed by atoms with Crippen molar-refractivity contribution in [2.24, 2.45) is 0 Å². The van der Waals surface area contributed by atoms with Crippen molar-refractivity contribution in [2.75, 3.05) is 7.11 Å². The number of carbonyl (C=O) groups excluding carboxylic acids is 2. The van der Waals surface area contributed by atoms with Crippen molar-refractivity contribution in [1.82, 2.24) is 4.90 Å². The summed E-state index contributed by atoms with van der Waals surface area (Å²) in [5.74, 6) is -0.578. The van der Waals surface area contributed by atoms with E-state index >= 15 is 0 Å². The summed E-state index contributed by atoms with van der Waals surface area (Å²) in [4.78, 5) is 26.7. The van der Waals surface area contributed by atoms with Crippen LogP contribution in [-0.2, 0) is 21.5 Å². The number of hydrogen-bond acceptors (Lipinski definition) is 7. The number of imide groups is 1. The highest BCUT2D eigenvalue weighted by Crippen LogP contribution is 2.40. The Hall–Kier alpha value is -2.79. The predicted octanol–water partition coefficient (Wildman–Crippen LogP) is 6.12. The van der Waals surface area contributed by atoms with Gasteiger partial charge < -0.3 is 8.92 Å². The van der Waals surface area contributed by atoms with Crippen molar-refractivity contribution in [3.05, 3.63) is 92.3 Å². The molecule has 1 saturated heterocycles. The number of carbonyl (C=O) groups is 2. The first kappa shape index (κ1) is 25.3. The smallest absolute Gasteiger partial charge is 0.339 e. The molecule has 0 radical (unpaired) electrons. The van der Waals surface area contributed by atoms with Gasteiger partial charge in [-0.15, -0.1) is 0 Å². The molecule has 3 aromatic carbocycles. The van der Waals surface area contributed by atoms with Crippen LogP contribution in [0.15, 0.2) is 81.0 Å². The van der Waals surface area contributed by atoms with E-state index in [1.165, 1.54) is 37.5 Å². The molecule has 1 heterocycles. The fourth-order valence-corrected chi connectivity index (χ4v) is 5.76. The molecular weight excluding hydrogens is 578 g/mol. The summed E-state index contributed by atoms with van der Waals surface area (Å²) in [7, 11) is -2.82. The highest BCUT2D eigenvalue weighted by atomic mass is 79.9. The van der Waals surface area contributed by atoms with Crippen LogP contribution in [0, 0.1) is 0 Å². The molecule has 7 nitrogen and oxygen atoms in total. The van der Waals surface area contributed by atoms with Crippen LogP contribution in [0.3, 0.4) is 0 Å². The van der Waals surface area contributed by atoms with Gasteiger partial charge in [-0.3, -0.25) is 14.5 Å². The monoisotopic (exact) mass is 593 g/mol. The maximum absolute atomic E-state index is 12.9. The van der Waals surface area contributed by atoms with Crippen molar-refractivity contribution in [3.63, 3.8) is 0 Å². The summed E-state index contributed by atoms with van der Waals surface area (Å²) >= 11 is 10.6. The molecule has 11 heteroatoms. The molecule has 2 amide bonds. The van der Waals surface area contributed by atoms with Crippen molar-refractivity contribution in [2.45, 2.75) is 11.4 Å². The lowest BCUT2D eigenvalue weighted by Gasteiger charge is -2.14. The average molecular weight is 595 g/mol. The molecular formula is C24H17BrClNO6S2. The Morgan fingerprint density at radius 2 is 1.74 bits per heavy atom. The van der Waals surface area contributed by atoms with Crippen LogP contribution in [0.2, 0.25) is 5.02 Å². The van der Waals surface area contributed by atoms with Gasteiger partial charge in [0, 0.05) is 4.47 Å². The fraction of sp³-hybridized carbons (Fsp3) is 0.0833. The quantitative estimate of drug-likeness (QED) is 0.241. The van der Waals surface area contributed by atoms with Crippen molar-refractivity contribution in [3.8, 4) is 11.5 Å². The van der Waals surface area contributed by atoms with Crippen molar-refractivity contribution in [1.29, 1.82) is 0 Å². The minimum absolute atomic E-state index is 0.0393. The van der Waals surface area contributed by atoms with E-state index in [2.05, 4.69) is 15.9 Å². The normalized spacial score (nSPS) is 15.1. The highest BCUT2D eigenvalue weighted by molar-refractivity contribution is 9.10. The van der Waals surface area contributed by atoms with Crippen LogP contribution >= 0.6 is 39.3 Å². The molecule has 1 aliphatic heterocycles. The van der Waals surface area contributed by atoms with Crippen molar-refractivity contribution < 1.29 is 26.9 Å². The van der Waals surface area contributed by atoms with Crippen LogP contribution < -0.4 is 8.92 Å². The van der Waals surface area contributed by atoms with Crippen LogP contribution in [0.4, 0.5) is 4.79 Å². The van der Waals surface area contributed by atoms with E-state index in [0.29, 0.717) is 5.56 Å². The molecule has 180 valence electrons. The average Bonchev–Trinajstić information content (AvgIpc) is 3.09. The third-order valence-corrected chi connectivity index (χ3v) is 8.13. The number of ether oxygens (including phenoxy) is 1. The third kappa shape index (κ3) is 5.56.